The third-order valence-electron chi connectivity index (χ3n) is 6.04. The molecule has 0 radical (unpaired) electrons. The summed E-state index contributed by atoms with van der Waals surface area (Å²) < 4.78 is 46.5. The monoisotopic (exact) mass is 457 g/mol. The molecule has 0 fully saturated rings. The van der Waals surface area contributed by atoms with Gasteiger partial charge >= 0.3 is 6.18 Å². The van der Waals surface area contributed by atoms with E-state index >= 15 is 0 Å². The van der Waals surface area contributed by atoms with Gasteiger partial charge in [0.05, 0.1) is 30.0 Å². The van der Waals surface area contributed by atoms with Crippen molar-refractivity contribution in [1.29, 1.82) is 0 Å². The lowest BCUT2D eigenvalue weighted by Gasteiger charge is -2.29. The molecule has 0 spiro atoms. The molecule has 5 nitrogen and oxygen atoms in total. The highest BCUT2D eigenvalue weighted by atomic mass is 19.4. The molecule has 1 amide bonds. The van der Waals surface area contributed by atoms with Gasteiger partial charge in [-0.25, -0.2) is 4.68 Å². The Hall–Kier alpha value is -3.29. The highest BCUT2D eigenvalue weighted by Gasteiger charge is 2.31. The van der Waals surface area contributed by atoms with E-state index < -0.39 is 11.7 Å². The lowest BCUT2D eigenvalue weighted by molar-refractivity contribution is -0.137. The van der Waals surface area contributed by atoms with E-state index in [0.717, 1.165) is 35.4 Å². The summed E-state index contributed by atoms with van der Waals surface area (Å²) in [4.78, 5) is 15.0. The van der Waals surface area contributed by atoms with Crippen molar-refractivity contribution in [1.82, 2.24) is 14.7 Å². The molecule has 3 aromatic rings. The van der Waals surface area contributed by atoms with Crippen molar-refractivity contribution in [3.05, 3.63) is 76.1 Å². The molecule has 4 rings (SSSR count). The number of benzene rings is 2. The van der Waals surface area contributed by atoms with E-state index in [0.29, 0.717) is 36.8 Å². The van der Waals surface area contributed by atoms with Gasteiger partial charge in [0.1, 0.15) is 5.75 Å². The van der Waals surface area contributed by atoms with Crippen LogP contribution in [0, 0.1) is 13.8 Å². The van der Waals surface area contributed by atoms with Gasteiger partial charge < -0.3 is 9.64 Å². The Balaban J connectivity index is 1.54. The number of alkyl halides is 3. The highest BCUT2D eigenvalue weighted by Crippen LogP contribution is 2.31. The first-order valence-corrected chi connectivity index (χ1v) is 10.9. The van der Waals surface area contributed by atoms with E-state index in [2.05, 4.69) is 11.2 Å². The minimum Gasteiger partial charge on any atom is -0.494 e. The van der Waals surface area contributed by atoms with Crippen molar-refractivity contribution in [2.24, 2.45) is 0 Å². The maximum atomic E-state index is 13.1. The van der Waals surface area contributed by atoms with Crippen LogP contribution in [0.25, 0.3) is 5.69 Å². The number of nitrogens with zero attached hydrogens (tertiary/aromatic N) is 3. The smallest absolute Gasteiger partial charge is 0.416 e. The molecule has 0 atom stereocenters. The van der Waals surface area contributed by atoms with E-state index in [9.17, 15) is 18.0 Å². The highest BCUT2D eigenvalue weighted by molar-refractivity contribution is 5.79. The fourth-order valence-electron chi connectivity index (χ4n) is 4.26. The lowest BCUT2D eigenvalue weighted by Crippen LogP contribution is -2.37. The summed E-state index contributed by atoms with van der Waals surface area (Å²) in [5.41, 5.74) is 3.92. The maximum Gasteiger partial charge on any atom is 0.416 e. The normalized spacial score (nSPS) is 13.7. The van der Waals surface area contributed by atoms with Crippen LogP contribution in [0.4, 0.5) is 13.2 Å². The number of halogens is 3. The SMILES string of the molecule is CCOc1ccc2c(c1)CN(C(=O)Cc1c(C)nn(-c3cccc(C(F)(F)F)c3)c1C)CC2. The number of carbonyl (C=O) groups is 1. The molecule has 1 aliphatic rings. The number of aromatic nitrogens is 2. The fourth-order valence-corrected chi connectivity index (χ4v) is 4.26. The first kappa shape index (κ1) is 22.9. The third-order valence-corrected chi connectivity index (χ3v) is 6.04. The van der Waals surface area contributed by atoms with Gasteiger partial charge in [-0.2, -0.15) is 18.3 Å². The number of ether oxygens (including phenoxy) is 1. The molecule has 8 heteroatoms. The molecule has 2 aromatic carbocycles. The van der Waals surface area contributed by atoms with Crippen molar-refractivity contribution >= 4 is 5.91 Å². The van der Waals surface area contributed by atoms with Crippen LogP contribution in [-0.2, 0) is 30.4 Å². The summed E-state index contributed by atoms with van der Waals surface area (Å²) in [5, 5.41) is 4.43. The number of aryl methyl sites for hydroxylation is 1. The molecule has 174 valence electrons. The quantitative estimate of drug-likeness (QED) is 0.540. The van der Waals surface area contributed by atoms with Crippen molar-refractivity contribution in [2.45, 2.75) is 46.3 Å². The average molecular weight is 457 g/mol. The van der Waals surface area contributed by atoms with Crippen molar-refractivity contribution in [3.8, 4) is 11.4 Å². The number of carbonyl (C=O) groups excluding carboxylic acids is 1. The molecule has 0 saturated carbocycles. The second-order valence-electron chi connectivity index (χ2n) is 8.21. The zero-order valence-corrected chi connectivity index (χ0v) is 18.9. The minimum atomic E-state index is -4.43. The van der Waals surface area contributed by atoms with Gasteiger partial charge in [0.2, 0.25) is 5.91 Å². The largest absolute Gasteiger partial charge is 0.494 e. The first-order valence-electron chi connectivity index (χ1n) is 10.9. The molecule has 0 aliphatic carbocycles. The summed E-state index contributed by atoms with van der Waals surface area (Å²) in [7, 11) is 0. The van der Waals surface area contributed by atoms with Gasteiger partial charge in [0, 0.05) is 24.3 Å². The second-order valence-corrected chi connectivity index (χ2v) is 8.21. The van der Waals surface area contributed by atoms with Crippen LogP contribution in [0.1, 0.15) is 40.6 Å². The van der Waals surface area contributed by atoms with Gasteiger partial charge in [-0.15, -0.1) is 0 Å². The molecule has 0 bridgehead atoms. The van der Waals surface area contributed by atoms with Gasteiger partial charge in [-0.3, -0.25) is 4.79 Å². The predicted octanol–water partition coefficient (Wildman–Crippen LogP) is 5.03. The van der Waals surface area contributed by atoms with Gasteiger partial charge in [0.15, 0.2) is 0 Å². The Kier molecular flexibility index (Phi) is 6.19. The zero-order chi connectivity index (χ0) is 23.8. The summed E-state index contributed by atoms with van der Waals surface area (Å²) in [6.07, 6.45) is -3.51. The summed E-state index contributed by atoms with van der Waals surface area (Å²) in [5.74, 6) is 0.761. The standard InChI is InChI=1S/C25H26F3N3O2/c1-4-33-22-9-8-18-10-11-30(15-19(18)12-22)24(32)14-23-16(2)29-31(17(23)3)21-7-5-6-20(13-21)25(26,27)28/h5-9,12-13H,4,10-11,14-15H2,1-3H3. The number of hydrogen-bond acceptors (Lipinski definition) is 3. The van der Waals surface area contributed by atoms with Crippen molar-refractivity contribution in [2.75, 3.05) is 13.2 Å². The molecule has 0 unspecified atom stereocenters. The van der Waals surface area contributed by atoms with Crippen LogP contribution in [0.15, 0.2) is 42.5 Å². The fraction of sp³-hybridized carbons (Fsp3) is 0.360. The molecular weight excluding hydrogens is 431 g/mol. The number of fused-ring (bicyclic) bond motifs is 1. The topological polar surface area (TPSA) is 47.4 Å². The Labute approximate surface area is 190 Å². The number of amides is 1. The Morgan fingerprint density at radius 2 is 1.91 bits per heavy atom. The zero-order valence-electron chi connectivity index (χ0n) is 18.9. The molecule has 2 heterocycles. The molecule has 0 saturated heterocycles. The first-order chi connectivity index (χ1) is 15.7. The minimum absolute atomic E-state index is 0.0303. The number of hydrogen-bond donors (Lipinski definition) is 0. The molecule has 1 aliphatic heterocycles. The van der Waals surface area contributed by atoms with Crippen LogP contribution >= 0.6 is 0 Å². The summed E-state index contributed by atoms with van der Waals surface area (Å²) >= 11 is 0. The number of rotatable bonds is 5. The van der Waals surface area contributed by atoms with E-state index in [-0.39, 0.29) is 12.3 Å². The Bertz CT molecular complexity index is 1180. The van der Waals surface area contributed by atoms with Crippen LogP contribution in [0.3, 0.4) is 0 Å². The third kappa shape index (κ3) is 4.74. The van der Waals surface area contributed by atoms with Crippen LogP contribution in [0.5, 0.6) is 5.75 Å². The average Bonchev–Trinajstić information content (AvgIpc) is 3.06. The molecular formula is C25H26F3N3O2. The molecule has 33 heavy (non-hydrogen) atoms. The Morgan fingerprint density at radius 1 is 1.12 bits per heavy atom. The van der Waals surface area contributed by atoms with Crippen LogP contribution in [-0.4, -0.2) is 33.7 Å². The lowest BCUT2D eigenvalue weighted by atomic mass is 9.98. The van der Waals surface area contributed by atoms with Gasteiger partial charge in [-0.05, 0) is 68.7 Å². The predicted molar refractivity (Wildman–Crippen MR) is 118 cm³/mol. The van der Waals surface area contributed by atoms with E-state index in [1.54, 1.807) is 19.9 Å². The molecule has 1 aromatic heterocycles. The van der Waals surface area contributed by atoms with E-state index in [1.807, 2.05) is 24.0 Å². The van der Waals surface area contributed by atoms with Crippen LogP contribution < -0.4 is 4.74 Å². The van der Waals surface area contributed by atoms with Crippen molar-refractivity contribution < 1.29 is 22.7 Å². The van der Waals surface area contributed by atoms with Gasteiger partial charge in [0.25, 0.3) is 0 Å². The van der Waals surface area contributed by atoms with Crippen molar-refractivity contribution in [3.63, 3.8) is 0 Å². The second kappa shape index (κ2) is 8.92. The van der Waals surface area contributed by atoms with Crippen LogP contribution in [0.2, 0.25) is 0 Å². The van der Waals surface area contributed by atoms with E-state index in [4.69, 9.17) is 4.74 Å². The summed E-state index contributed by atoms with van der Waals surface area (Å²) in [6.45, 7) is 7.20. The summed E-state index contributed by atoms with van der Waals surface area (Å²) in [6, 6.07) is 11.0. The Morgan fingerprint density at radius 3 is 2.64 bits per heavy atom. The maximum absolute atomic E-state index is 13.1. The van der Waals surface area contributed by atoms with E-state index in [1.165, 1.54) is 16.3 Å². The van der Waals surface area contributed by atoms with Gasteiger partial charge in [-0.1, -0.05) is 12.1 Å². The molecule has 0 N–H and O–H groups in total.